The molecule has 6 heteroatoms. The number of nitrogen functional groups attached to an aromatic ring is 1. The zero-order valence-corrected chi connectivity index (χ0v) is 16.0. The van der Waals surface area contributed by atoms with Gasteiger partial charge in [-0.25, -0.2) is 9.97 Å². The Balaban J connectivity index is 1.48. The van der Waals surface area contributed by atoms with E-state index in [0.29, 0.717) is 0 Å². The summed E-state index contributed by atoms with van der Waals surface area (Å²) in [4.78, 5) is 11.8. The van der Waals surface area contributed by atoms with Crippen molar-refractivity contribution in [3.8, 4) is 11.4 Å². The summed E-state index contributed by atoms with van der Waals surface area (Å²) in [7, 11) is 0. The Kier molecular flexibility index (Phi) is 4.90. The molecule has 0 radical (unpaired) electrons. The molecular weight excluding hydrogens is 336 g/mol. The zero-order valence-electron chi connectivity index (χ0n) is 16.0. The fourth-order valence-corrected chi connectivity index (χ4v) is 3.60. The number of aryl methyl sites for hydroxylation is 1. The normalized spacial score (nSPS) is 14.3. The van der Waals surface area contributed by atoms with Gasteiger partial charge in [-0.05, 0) is 37.6 Å². The Labute approximate surface area is 160 Å². The Morgan fingerprint density at radius 2 is 1.96 bits per heavy atom. The fraction of sp³-hybridized carbons (Fsp3) is 0.381. The monoisotopic (exact) mass is 362 g/mol. The third-order valence-corrected chi connectivity index (χ3v) is 5.22. The second-order valence-electron chi connectivity index (χ2n) is 7.23. The predicted octanol–water partition coefficient (Wildman–Crippen LogP) is 3.20. The highest BCUT2D eigenvalue weighted by Crippen LogP contribution is 2.23. The van der Waals surface area contributed by atoms with Crippen molar-refractivity contribution in [2.24, 2.45) is 0 Å². The molecule has 0 bridgehead atoms. The van der Waals surface area contributed by atoms with Crippen LogP contribution in [0.5, 0.6) is 0 Å². The summed E-state index contributed by atoms with van der Waals surface area (Å²) >= 11 is 0. The van der Waals surface area contributed by atoms with E-state index in [-0.39, 0.29) is 0 Å². The quantitative estimate of drug-likeness (QED) is 0.706. The molecule has 4 rings (SSSR count). The van der Waals surface area contributed by atoms with Crippen molar-refractivity contribution >= 4 is 5.69 Å². The smallest absolute Gasteiger partial charge is 0.159 e. The summed E-state index contributed by atoms with van der Waals surface area (Å²) < 4.78 is 2.11. The number of aromatic nitrogens is 4. The standard InChI is InChI=1S/C21H26N6/c1-3-9-27-15(2)17(12-24-27)13-26-10-8-20-18(14-26)11-23-21(25-20)16-4-6-19(22)7-5-16/h4-7,11-12H,3,8-10,13-14,22H2,1-2H3. The topological polar surface area (TPSA) is 72.9 Å². The molecule has 0 amide bonds. The molecule has 0 fully saturated rings. The van der Waals surface area contributed by atoms with Crippen LogP contribution in [0.15, 0.2) is 36.7 Å². The van der Waals surface area contributed by atoms with Crippen LogP contribution in [0.3, 0.4) is 0 Å². The first kappa shape index (κ1) is 17.7. The van der Waals surface area contributed by atoms with Gasteiger partial charge in [-0.1, -0.05) is 6.92 Å². The fourth-order valence-electron chi connectivity index (χ4n) is 3.60. The minimum atomic E-state index is 0.755. The summed E-state index contributed by atoms with van der Waals surface area (Å²) in [6.07, 6.45) is 6.05. The van der Waals surface area contributed by atoms with Gasteiger partial charge in [0.1, 0.15) is 0 Å². The number of anilines is 1. The summed E-state index contributed by atoms with van der Waals surface area (Å²) in [6.45, 7) is 8.14. The average Bonchev–Trinajstić information content (AvgIpc) is 3.02. The van der Waals surface area contributed by atoms with Gasteiger partial charge in [-0.2, -0.15) is 5.10 Å². The summed E-state index contributed by atoms with van der Waals surface area (Å²) in [5, 5.41) is 4.52. The van der Waals surface area contributed by atoms with Gasteiger partial charge in [-0.15, -0.1) is 0 Å². The lowest BCUT2D eigenvalue weighted by atomic mass is 10.1. The molecule has 0 aliphatic carbocycles. The lowest BCUT2D eigenvalue weighted by Crippen LogP contribution is -2.31. The van der Waals surface area contributed by atoms with E-state index < -0.39 is 0 Å². The van der Waals surface area contributed by atoms with E-state index in [1.54, 1.807) is 0 Å². The third kappa shape index (κ3) is 3.71. The first-order chi connectivity index (χ1) is 13.1. The van der Waals surface area contributed by atoms with Gasteiger partial charge in [0, 0.05) is 66.9 Å². The molecule has 2 aromatic heterocycles. The number of benzene rings is 1. The molecule has 140 valence electrons. The first-order valence-electron chi connectivity index (χ1n) is 9.58. The van der Waals surface area contributed by atoms with Gasteiger partial charge in [0.25, 0.3) is 0 Å². The molecule has 1 aliphatic rings. The van der Waals surface area contributed by atoms with Crippen LogP contribution in [-0.2, 0) is 26.1 Å². The third-order valence-electron chi connectivity index (χ3n) is 5.22. The Hall–Kier alpha value is -2.73. The van der Waals surface area contributed by atoms with Crippen molar-refractivity contribution in [2.75, 3.05) is 12.3 Å². The molecule has 1 aromatic carbocycles. The van der Waals surface area contributed by atoms with E-state index in [0.717, 1.165) is 61.8 Å². The highest BCUT2D eigenvalue weighted by molar-refractivity contribution is 5.58. The van der Waals surface area contributed by atoms with Crippen LogP contribution < -0.4 is 5.73 Å². The maximum Gasteiger partial charge on any atom is 0.159 e. The van der Waals surface area contributed by atoms with Crippen LogP contribution in [0.25, 0.3) is 11.4 Å². The summed E-state index contributed by atoms with van der Waals surface area (Å²) in [6, 6.07) is 7.73. The molecule has 0 unspecified atom stereocenters. The summed E-state index contributed by atoms with van der Waals surface area (Å²) in [5.41, 5.74) is 12.5. The number of hydrogen-bond donors (Lipinski definition) is 1. The molecule has 0 spiro atoms. The van der Waals surface area contributed by atoms with E-state index in [9.17, 15) is 0 Å². The molecule has 0 atom stereocenters. The van der Waals surface area contributed by atoms with Crippen molar-refractivity contribution in [1.29, 1.82) is 0 Å². The molecule has 1 aliphatic heterocycles. The van der Waals surface area contributed by atoms with Crippen molar-refractivity contribution in [3.05, 3.63) is 59.2 Å². The van der Waals surface area contributed by atoms with E-state index in [2.05, 4.69) is 33.5 Å². The van der Waals surface area contributed by atoms with Crippen molar-refractivity contribution in [2.45, 2.75) is 46.3 Å². The Morgan fingerprint density at radius 1 is 1.15 bits per heavy atom. The lowest BCUT2D eigenvalue weighted by molar-refractivity contribution is 0.242. The minimum Gasteiger partial charge on any atom is -0.399 e. The van der Waals surface area contributed by atoms with Crippen molar-refractivity contribution in [3.63, 3.8) is 0 Å². The Bertz CT molecular complexity index is 928. The van der Waals surface area contributed by atoms with Gasteiger partial charge in [0.2, 0.25) is 0 Å². The molecule has 0 saturated heterocycles. The van der Waals surface area contributed by atoms with Crippen molar-refractivity contribution < 1.29 is 0 Å². The lowest BCUT2D eigenvalue weighted by Gasteiger charge is -2.28. The van der Waals surface area contributed by atoms with Crippen LogP contribution in [0.4, 0.5) is 5.69 Å². The molecule has 2 N–H and O–H groups in total. The minimum absolute atomic E-state index is 0.755. The van der Waals surface area contributed by atoms with Gasteiger partial charge in [-0.3, -0.25) is 9.58 Å². The second kappa shape index (κ2) is 7.48. The SMILES string of the molecule is CCCn1ncc(CN2CCc3nc(-c4ccc(N)cc4)ncc3C2)c1C. The highest BCUT2D eigenvalue weighted by atomic mass is 15.3. The van der Waals surface area contributed by atoms with Crippen LogP contribution >= 0.6 is 0 Å². The largest absolute Gasteiger partial charge is 0.399 e. The van der Waals surface area contributed by atoms with Crippen molar-refractivity contribution in [1.82, 2.24) is 24.6 Å². The van der Waals surface area contributed by atoms with Gasteiger partial charge < -0.3 is 5.73 Å². The molecule has 0 saturated carbocycles. The number of nitrogens with zero attached hydrogens (tertiary/aromatic N) is 5. The Morgan fingerprint density at radius 3 is 2.74 bits per heavy atom. The zero-order chi connectivity index (χ0) is 18.8. The van der Waals surface area contributed by atoms with Gasteiger partial charge in [0.15, 0.2) is 5.82 Å². The highest BCUT2D eigenvalue weighted by Gasteiger charge is 2.20. The van der Waals surface area contributed by atoms with Gasteiger partial charge >= 0.3 is 0 Å². The average molecular weight is 362 g/mol. The first-order valence-corrected chi connectivity index (χ1v) is 9.58. The van der Waals surface area contributed by atoms with Crippen LogP contribution in [0.2, 0.25) is 0 Å². The number of hydrogen-bond acceptors (Lipinski definition) is 5. The van der Waals surface area contributed by atoms with E-state index in [1.165, 1.54) is 16.8 Å². The van der Waals surface area contributed by atoms with Crippen LogP contribution in [0, 0.1) is 6.92 Å². The molecule has 6 nitrogen and oxygen atoms in total. The maximum absolute atomic E-state index is 5.77. The van der Waals surface area contributed by atoms with Crippen LogP contribution in [0.1, 0.15) is 35.9 Å². The number of fused-ring (bicyclic) bond motifs is 1. The maximum atomic E-state index is 5.77. The molecule has 27 heavy (non-hydrogen) atoms. The predicted molar refractivity (Wildman–Crippen MR) is 107 cm³/mol. The summed E-state index contributed by atoms with van der Waals surface area (Å²) in [5.74, 6) is 0.777. The second-order valence-corrected chi connectivity index (χ2v) is 7.23. The van der Waals surface area contributed by atoms with Crippen LogP contribution in [-0.4, -0.2) is 31.2 Å². The van der Waals surface area contributed by atoms with E-state index in [4.69, 9.17) is 10.7 Å². The molecule has 3 aromatic rings. The number of nitrogens with two attached hydrogens (primary N) is 1. The van der Waals surface area contributed by atoms with E-state index >= 15 is 0 Å². The number of rotatable bonds is 5. The van der Waals surface area contributed by atoms with E-state index in [1.807, 2.05) is 36.7 Å². The molecule has 3 heterocycles. The van der Waals surface area contributed by atoms with Gasteiger partial charge in [0.05, 0.1) is 11.9 Å². The molecular formula is C21H26N6.